The Bertz CT molecular complexity index is 178. The van der Waals surface area contributed by atoms with Gasteiger partial charge < -0.3 is 5.11 Å². The molecule has 0 aliphatic heterocycles. The molecule has 0 saturated carbocycles. The number of hydrogen-bond acceptors (Lipinski definition) is 1. The highest BCUT2D eigenvalue weighted by Gasteiger charge is 2.09. The minimum atomic E-state index is -0.648. The lowest BCUT2D eigenvalue weighted by atomic mass is 9.90. The molecule has 0 amide bonds. The summed E-state index contributed by atoms with van der Waals surface area (Å²) in [5.74, 6) is 0.122. The van der Waals surface area contributed by atoms with Gasteiger partial charge >= 0.3 is 5.97 Å². The number of carboxylic acids is 1. The van der Waals surface area contributed by atoms with Crippen LogP contribution in [0.1, 0.15) is 84.5 Å². The zero-order valence-corrected chi connectivity index (χ0v) is 11.7. The summed E-state index contributed by atoms with van der Waals surface area (Å²) in [5, 5.41) is 8.65. The van der Waals surface area contributed by atoms with Crippen molar-refractivity contribution in [2.24, 2.45) is 5.92 Å². The Morgan fingerprint density at radius 2 is 1.47 bits per heavy atom. The molecule has 0 fully saturated rings. The summed E-state index contributed by atoms with van der Waals surface area (Å²) in [7, 11) is 0. The van der Waals surface area contributed by atoms with Crippen molar-refractivity contribution in [1.82, 2.24) is 0 Å². The average Bonchev–Trinajstić information content (AvgIpc) is 2.30. The second-order valence-electron chi connectivity index (χ2n) is 5.14. The maximum Gasteiger partial charge on any atom is 0.303 e. The van der Waals surface area contributed by atoms with Crippen molar-refractivity contribution < 1.29 is 9.90 Å². The Morgan fingerprint density at radius 1 is 0.882 bits per heavy atom. The molecule has 102 valence electrons. The number of aliphatic carboxylic acids is 1. The monoisotopic (exact) mass is 242 g/mol. The van der Waals surface area contributed by atoms with Gasteiger partial charge in [0.15, 0.2) is 0 Å². The van der Waals surface area contributed by atoms with E-state index >= 15 is 0 Å². The molecule has 0 aromatic heterocycles. The average molecular weight is 242 g/mol. The SMILES string of the molecule is CCCCCCC(CCCC)CCCC(=O)O. The fraction of sp³-hybridized carbons (Fsp3) is 0.933. The van der Waals surface area contributed by atoms with Crippen LogP contribution in [-0.2, 0) is 4.79 Å². The van der Waals surface area contributed by atoms with E-state index in [9.17, 15) is 4.79 Å². The van der Waals surface area contributed by atoms with Crippen molar-refractivity contribution in [1.29, 1.82) is 0 Å². The molecular weight excluding hydrogens is 212 g/mol. The quantitative estimate of drug-likeness (QED) is 0.488. The predicted molar refractivity (Wildman–Crippen MR) is 73.3 cm³/mol. The molecule has 1 unspecified atom stereocenters. The first-order valence-corrected chi connectivity index (χ1v) is 7.42. The molecule has 0 aliphatic rings. The van der Waals surface area contributed by atoms with Crippen LogP contribution in [0.3, 0.4) is 0 Å². The van der Waals surface area contributed by atoms with E-state index < -0.39 is 5.97 Å². The number of rotatable bonds is 12. The fourth-order valence-corrected chi connectivity index (χ4v) is 2.33. The van der Waals surface area contributed by atoms with E-state index in [1.807, 2.05) is 0 Å². The van der Waals surface area contributed by atoms with Crippen molar-refractivity contribution in [3.05, 3.63) is 0 Å². The Kier molecular flexibility index (Phi) is 11.6. The minimum Gasteiger partial charge on any atom is -0.481 e. The topological polar surface area (TPSA) is 37.3 Å². The molecule has 0 heterocycles. The summed E-state index contributed by atoms with van der Waals surface area (Å²) in [6, 6.07) is 0. The van der Waals surface area contributed by atoms with Gasteiger partial charge in [-0.2, -0.15) is 0 Å². The highest BCUT2D eigenvalue weighted by Crippen LogP contribution is 2.22. The largest absolute Gasteiger partial charge is 0.481 e. The van der Waals surface area contributed by atoms with Gasteiger partial charge in [0.05, 0.1) is 0 Å². The van der Waals surface area contributed by atoms with Gasteiger partial charge in [-0.05, 0) is 18.8 Å². The number of hydrogen-bond donors (Lipinski definition) is 1. The summed E-state index contributed by atoms with van der Waals surface area (Å²) in [5.41, 5.74) is 0. The van der Waals surface area contributed by atoms with Gasteiger partial charge in [0.1, 0.15) is 0 Å². The molecule has 0 spiro atoms. The molecule has 0 aromatic carbocycles. The van der Waals surface area contributed by atoms with E-state index in [-0.39, 0.29) is 0 Å². The van der Waals surface area contributed by atoms with E-state index in [0.29, 0.717) is 6.42 Å². The lowest BCUT2D eigenvalue weighted by Gasteiger charge is -2.16. The summed E-state index contributed by atoms with van der Waals surface area (Å²) in [4.78, 5) is 10.5. The number of carboxylic acid groups (broad SMARTS) is 1. The van der Waals surface area contributed by atoms with Gasteiger partial charge in [-0.25, -0.2) is 0 Å². The molecular formula is C15H30O2. The normalized spacial score (nSPS) is 12.6. The van der Waals surface area contributed by atoms with E-state index in [1.165, 1.54) is 51.4 Å². The molecule has 0 aliphatic carbocycles. The highest BCUT2D eigenvalue weighted by molar-refractivity contribution is 5.66. The molecule has 0 saturated heterocycles. The standard InChI is InChI=1S/C15H30O2/c1-3-5-7-8-11-14(10-6-4-2)12-9-13-15(16)17/h14H,3-13H2,1-2H3,(H,16,17). The van der Waals surface area contributed by atoms with Crippen LogP contribution in [-0.4, -0.2) is 11.1 Å². The first kappa shape index (κ1) is 16.5. The molecule has 0 radical (unpaired) electrons. The van der Waals surface area contributed by atoms with E-state index in [1.54, 1.807) is 0 Å². The van der Waals surface area contributed by atoms with Crippen LogP contribution >= 0.6 is 0 Å². The lowest BCUT2D eigenvalue weighted by molar-refractivity contribution is -0.137. The second-order valence-corrected chi connectivity index (χ2v) is 5.14. The number of carbonyl (C=O) groups is 1. The van der Waals surface area contributed by atoms with Crippen LogP contribution in [0, 0.1) is 5.92 Å². The zero-order valence-electron chi connectivity index (χ0n) is 11.7. The molecule has 2 nitrogen and oxygen atoms in total. The molecule has 0 rings (SSSR count). The van der Waals surface area contributed by atoms with Crippen molar-refractivity contribution in [2.75, 3.05) is 0 Å². The lowest BCUT2D eigenvalue weighted by Crippen LogP contribution is -2.03. The molecule has 17 heavy (non-hydrogen) atoms. The first-order chi connectivity index (χ1) is 8.20. The predicted octanol–water partition coefficient (Wildman–Crippen LogP) is 5.02. The van der Waals surface area contributed by atoms with Gasteiger partial charge in [0.25, 0.3) is 0 Å². The zero-order chi connectivity index (χ0) is 12.9. The van der Waals surface area contributed by atoms with Crippen molar-refractivity contribution >= 4 is 5.97 Å². The van der Waals surface area contributed by atoms with Crippen LogP contribution in [0.25, 0.3) is 0 Å². The smallest absolute Gasteiger partial charge is 0.303 e. The summed E-state index contributed by atoms with van der Waals surface area (Å²) < 4.78 is 0. The van der Waals surface area contributed by atoms with Gasteiger partial charge in [-0.3, -0.25) is 4.79 Å². The third-order valence-electron chi connectivity index (χ3n) is 3.43. The second kappa shape index (κ2) is 11.9. The minimum absolute atomic E-state index is 0.345. The Hall–Kier alpha value is -0.530. The Morgan fingerprint density at radius 3 is 2.06 bits per heavy atom. The summed E-state index contributed by atoms with van der Waals surface area (Å²) >= 11 is 0. The van der Waals surface area contributed by atoms with E-state index in [4.69, 9.17) is 5.11 Å². The summed E-state index contributed by atoms with van der Waals surface area (Å²) in [6.07, 6.45) is 12.8. The maximum absolute atomic E-state index is 10.5. The Labute approximate surface area is 107 Å². The van der Waals surface area contributed by atoms with Gasteiger partial charge in [0, 0.05) is 6.42 Å². The first-order valence-electron chi connectivity index (χ1n) is 7.42. The molecule has 2 heteroatoms. The third-order valence-corrected chi connectivity index (χ3v) is 3.43. The van der Waals surface area contributed by atoms with Crippen molar-refractivity contribution in [3.8, 4) is 0 Å². The van der Waals surface area contributed by atoms with E-state index in [2.05, 4.69) is 13.8 Å². The molecule has 1 N–H and O–H groups in total. The van der Waals surface area contributed by atoms with Gasteiger partial charge in [-0.1, -0.05) is 65.2 Å². The van der Waals surface area contributed by atoms with Crippen LogP contribution in [0.4, 0.5) is 0 Å². The fourth-order valence-electron chi connectivity index (χ4n) is 2.33. The van der Waals surface area contributed by atoms with Crippen molar-refractivity contribution in [2.45, 2.75) is 84.5 Å². The molecule has 0 bridgehead atoms. The highest BCUT2D eigenvalue weighted by atomic mass is 16.4. The van der Waals surface area contributed by atoms with Crippen molar-refractivity contribution in [3.63, 3.8) is 0 Å². The molecule has 1 atom stereocenters. The Balaban J connectivity index is 3.67. The van der Waals surface area contributed by atoms with Crippen LogP contribution in [0.15, 0.2) is 0 Å². The van der Waals surface area contributed by atoms with Crippen LogP contribution < -0.4 is 0 Å². The van der Waals surface area contributed by atoms with Gasteiger partial charge in [0.2, 0.25) is 0 Å². The van der Waals surface area contributed by atoms with Crippen LogP contribution in [0.2, 0.25) is 0 Å². The third kappa shape index (κ3) is 11.7. The maximum atomic E-state index is 10.5. The molecule has 0 aromatic rings. The number of unbranched alkanes of at least 4 members (excludes halogenated alkanes) is 4. The summed E-state index contributed by atoms with van der Waals surface area (Å²) in [6.45, 7) is 4.47. The van der Waals surface area contributed by atoms with E-state index in [0.717, 1.165) is 18.8 Å². The van der Waals surface area contributed by atoms with Crippen LogP contribution in [0.5, 0.6) is 0 Å². The van der Waals surface area contributed by atoms with Gasteiger partial charge in [-0.15, -0.1) is 0 Å².